The Balaban J connectivity index is 1.61. The number of fused-ring (bicyclic) bond motifs is 3. The van der Waals surface area contributed by atoms with Crippen LogP contribution in [-0.4, -0.2) is 13.1 Å². The van der Waals surface area contributed by atoms with Crippen LogP contribution in [0.25, 0.3) is 11.0 Å². The van der Waals surface area contributed by atoms with Gasteiger partial charge in [0.05, 0.1) is 12.7 Å². The zero-order chi connectivity index (χ0) is 22.5. The lowest BCUT2D eigenvalue weighted by atomic mass is 10.00. The van der Waals surface area contributed by atoms with Crippen LogP contribution in [0.15, 0.2) is 45.6 Å². The molecule has 32 heavy (non-hydrogen) atoms. The number of unbranched alkanes of at least 4 members (excludes halogenated alkanes) is 3. The predicted molar refractivity (Wildman–Crippen MR) is 124 cm³/mol. The highest BCUT2D eigenvalue weighted by molar-refractivity contribution is 5.89. The van der Waals surface area contributed by atoms with E-state index in [4.69, 9.17) is 13.9 Å². The van der Waals surface area contributed by atoms with Crippen molar-refractivity contribution in [2.24, 2.45) is 0 Å². The van der Waals surface area contributed by atoms with Crippen LogP contribution in [0.5, 0.6) is 5.75 Å². The van der Waals surface area contributed by atoms with Crippen LogP contribution in [0, 0.1) is 0 Å². The predicted octanol–water partition coefficient (Wildman–Crippen LogP) is 5.77. The van der Waals surface area contributed by atoms with E-state index in [1.165, 1.54) is 26.4 Å². The molecule has 1 aliphatic carbocycles. The van der Waals surface area contributed by atoms with Crippen molar-refractivity contribution in [1.29, 1.82) is 0 Å². The van der Waals surface area contributed by atoms with Gasteiger partial charge in [0.15, 0.2) is 0 Å². The van der Waals surface area contributed by atoms with Gasteiger partial charge in [0, 0.05) is 17.0 Å². The molecule has 0 amide bonds. The SMILES string of the molecule is CCCCCCc1cc2c3c(c(=O)oc2cc1OCc1ccc(C(=O)OC)cc1)CCC3. The van der Waals surface area contributed by atoms with E-state index in [1.54, 1.807) is 12.1 Å². The summed E-state index contributed by atoms with van der Waals surface area (Å²) in [6.45, 7) is 2.57. The molecule has 0 unspecified atom stereocenters. The monoisotopic (exact) mass is 434 g/mol. The van der Waals surface area contributed by atoms with E-state index in [2.05, 4.69) is 13.0 Å². The van der Waals surface area contributed by atoms with Crippen molar-refractivity contribution in [3.05, 3.63) is 74.6 Å². The van der Waals surface area contributed by atoms with Crippen molar-refractivity contribution in [2.75, 3.05) is 7.11 Å². The van der Waals surface area contributed by atoms with Crippen molar-refractivity contribution in [1.82, 2.24) is 0 Å². The highest BCUT2D eigenvalue weighted by Crippen LogP contribution is 2.33. The summed E-state index contributed by atoms with van der Waals surface area (Å²) >= 11 is 0. The minimum atomic E-state index is -0.357. The summed E-state index contributed by atoms with van der Waals surface area (Å²) in [4.78, 5) is 24.0. The zero-order valence-corrected chi connectivity index (χ0v) is 18.9. The van der Waals surface area contributed by atoms with Crippen LogP contribution >= 0.6 is 0 Å². The maximum atomic E-state index is 12.4. The van der Waals surface area contributed by atoms with Crippen LogP contribution in [0.3, 0.4) is 0 Å². The molecule has 0 fully saturated rings. The minimum Gasteiger partial charge on any atom is -0.488 e. The number of hydrogen-bond donors (Lipinski definition) is 0. The maximum Gasteiger partial charge on any atom is 0.339 e. The van der Waals surface area contributed by atoms with Crippen molar-refractivity contribution in [3.8, 4) is 5.75 Å². The van der Waals surface area contributed by atoms with Gasteiger partial charge in [0.1, 0.15) is 17.9 Å². The Hall–Kier alpha value is -3.08. The first-order chi connectivity index (χ1) is 15.6. The molecule has 5 heteroatoms. The van der Waals surface area contributed by atoms with Crippen molar-refractivity contribution >= 4 is 16.9 Å². The smallest absolute Gasteiger partial charge is 0.339 e. The van der Waals surface area contributed by atoms with Crippen LogP contribution < -0.4 is 10.4 Å². The number of hydrogen-bond acceptors (Lipinski definition) is 5. The van der Waals surface area contributed by atoms with Gasteiger partial charge in [-0.25, -0.2) is 9.59 Å². The molecular formula is C27H30O5. The Kier molecular flexibility index (Phi) is 6.93. The fourth-order valence-corrected chi connectivity index (χ4v) is 4.44. The standard InChI is InChI=1S/C27H30O5/c1-3-4-5-6-8-20-15-23-21-9-7-10-22(21)27(29)32-25(23)16-24(20)31-17-18-11-13-19(14-12-18)26(28)30-2/h11-16H,3-10,17H2,1-2H3. The first-order valence-corrected chi connectivity index (χ1v) is 11.5. The molecule has 0 bridgehead atoms. The molecule has 0 aliphatic heterocycles. The Morgan fingerprint density at radius 1 is 1.03 bits per heavy atom. The molecule has 4 rings (SSSR count). The molecule has 0 N–H and O–H groups in total. The van der Waals surface area contributed by atoms with Gasteiger partial charge in [-0.05, 0) is 67.0 Å². The molecule has 0 saturated heterocycles. The van der Waals surface area contributed by atoms with Gasteiger partial charge in [0.2, 0.25) is 0 Å². The molecule has 1 heterocycles. The average molecular weight is 435 g/mol. The second kappa shape index (κ2) is 10.0. The summed E-state index contributed by atoms with van der Waals surface area (Å²) in [7, 11) is 1.37. The van der Waals surface area contributed by atoms with Crippen LogP contribution in [0.4, 0.5) is 0 Å². The second-order valence-corrected chi connectivity index (χ2v) is 8.44. The van der Waals surface area contributed by atoms with Crippen molar-refractivity contribution in [3.63, 3.8) is 0 Å². The van der Waals surface area contributed by atoms with E-state index in [9.17, 15) is 9.59 Å². The van der Waals surface area contributed by atoms with Gasteiger partial charge in [-0.15, -0.1) is 0 Å². The molecule has 0 radical (unpaired) electrons. The lowest BCUT2D eigenvalue weighted by molar-refractivity contribution is 0.0600. The van der Waals surface area contributed by atoms with Gasteiger partial charge in [-0.2, -0.15) is 0 Å². The van der Waals surface area contributed by atoms with E-state index >= 15 is 0 Å². The minimum absolute atomic E-state index is 0.218. The van der Waals surface area contributed by atoms with Crippen LogP contribution in [0.2, 0.25) is 0 Å². The zero-order valence-electron chi connectivity index (χ0n) is 18.9. The summed E-state index contributed by atoms with van der Waals surface area (Å²) in [5.74, 6) is 0.399. The van der Waals surface area contributed by atoms with Crippen LogP contribution in [0.1, 0.15) is 71.6 Å². The third-order valence-corrected chi connectivity index (χ3v) is 6.22. The normalized spacial score (nSPS) is 12.7. The van der Waals surface area contributed by atoms with Gasteiger partial charge >= 0.3 is 11.6 Å². The quantitative estimate of drug-likeness (QED) is 0.243. The van der Waals surface area contributed by atoms with E-state index in [0.29, 0.717) is 17.8 Å². The van der Waals surface area contributed by atoms with Gasteiger partial charge < -0.3 is 13.9 Å². The Bertz CT molecular complexity index is 1160. The van der Waals surface area contributed by atoms with Crippen molar-refractivity contribution in [2.45, 2.75) is 64.9 Å². The van der Waals surface area contributed by atoms with E-state index in [0.717, 1.165) is 65.5 Å². The average Bonchev–Trinajstić information content (AvgIpc) is 3.31. The number of benzene rings is 2. The molecule has 168 valence electrons. The first-order valence-electron chi connectivity index (χ1n) is 11.5. The van der Waals surface area contributed by atoms with E-state index in [-0.39, 0.29) is 11.6 Å². The Labute approximate surface area is 188 Å². The number of aryl methyl sites for hydroxylation is 2. The number of rotatable bonds is 9. The lowest BCUT2D eigenvalue weighted by Crippen LogP contribution is -2.08. The van der Waals surface area contributed by atoms with Crippen LogP contribution in [-0.2, 0) is 30.6 Å². The molecule has 1 aliphatic rings. The summed E-state index contributed by atoms with van der Waals surface area (Å²) in [5.41, 5.74) is 4.99. The molecule has 5 nitrogen and oxygen atoms in total. The summed E-state index contributed by atoms with van der Waals surface area (Å²) < 4.78 is 16.6. The topological polar surface area (TPSA) is 65.7 Å². The van der Waals surface area contributed by atoms with E-state index < -0.39 is 0 Å². The number of esters is 1. The number of methoxy groups -OCH3 is 1. The summed E-state index contributed by atoms with van der Waals surface area (Å²) in [6, 6.07) is 11.2. The summed E-state index contributed by atoms with van der Waals surface area (Å²) in [5, 5.41) is 1.05. The molecule has 1 aromatic heterocycles. The second-order valence-electron chi connectivity index (χ2n) is 8.44. The van der Waals surface area contributed by atoms with Gasteiger partial charge in [-0.3, -0.25) is 0 Å². The lowest BCUT2D eigenvalue weighted by Gasteiger charge is -2.14. The van der Waals surface area contributed by atoms with Gasteiger partial charge in [-0.1, -0.05) is 38.3 Å². The Morgan fingerprint density at radius 3 is 2.56 bits per heavy atom. The first kappa shape index (κ1) is 22.1. The highest BCUT2D eigenvalue weighted by atomic mass is 16.5. The third kappa shape index (κ3) is 4.72. The summed E-state index contributed by atoms with van der Waals surface area (Å²) in [6.07, 6.45) is 8.37. The number of carbonyl (C=O) groups excluding carboxylic acids is 1. The van der Waals surface area contributed by atoms with Gasteiger partial charge in [0.25, 0.3) is 0 Å². The maximum absolute atomic E-state index is 12.4. The molecular weight excluding hydrogens is 404 g/mol. The fraction of sp³-hybridized carbons (Fsp3) is 0.407. The fourth-order valence-electron chi connectivity index (χ4n) is 4.44. The Morgan fingerprint density at radius 2 is 1.81 bits per heavy atom. The molecule has 0 atom stereocenters. The number of ether oxygens (including phenoxy) is 2. The largest absolute Gasteiger partial charge is 0.488 e. The molecule has 3 aromatic rings. The van der Waals surface area contributed by atoms with Crippen molar-refractivity contribution < 1.29 is 18.7 Å². The number of carbonyl (C=O) groups is 1. The molecule has 0 saturated carbocycles. The van der Waals surface area contributed by atoms with E-state index in [1.807, 2.05) is 18.2 Å². The third-order valence-electron chi connectivity index (χ3n) is 6.22. The highest BCUT2D eigenvalue weighted by Gasteiger charge is 2.21. The molecule has 0 spiro atoms. The molecule has 2 aromatic carbocycles.